The van der Waals surface area contributed by atoms with E-state index in [1.54, 1.807) is 0 Å². The van der Waals surface area contributed by atoms with Crippen LogP contribution in [0.5, 0.6) is 11.6 Å². The van der Waals surface area contributed by atoms with Gasteiger partial charge in [0.15, 0.2) is 0 Å². The van der Waals surface area contributed by atoms with Crippen LogP contribution in [-0.2, 0) is 5.41 Å². The quantitative estimate of drug-likeness (QED) is 0.914. The number of ether oxygens (including phenoxy) is 1. The number of hydrogen-bond acceptors (Lipinski definition) is 4. The molecule has 0 aliphatic carbocycles. The molecule has 1 aromatic heterocycles. The topological polar surface area (TPSA) is 61.0 Å². The molecule has 1 heterocycles. The molecule has 112 valence electrons. The number of anilines is 1. The van der Waals surface area contributed by atoms with Crippen molar-refractivity contribution < 1.29 is 4.74 Å². The number of nitrogens with zero attached hydrogens (tertiary/aromatic N) is 2. The van der Waals surface area contributed by atoms with Crippen LogP contribution in [0.4, 0.5) is 5.82 Å². The summed E-state index contributed by atoms with van der Waals surface area (Å²) < 4.78 is 5.96. The second-order valence-electron chi connectivity index (χ2n) is 6.51. The molecule has 4 nitrogen and oxygen atoms in total. The summed E-state index contributed by atoms with van der Waals surface area (Å²) in [7, 11) is 0. The molecule has 0 fully saturated rings. The third-order valence-corrected chi connectivity index (χ3v) is 3.37. The Morgan fingerprint density at radius 1 is 1.14 bits per heavy atom. The monoisotopic (exact) mass is 285 g/mol. The van der Waals surface area contributed by atoms with Gasteiger partial charge in [-0.3, -0.25) is 0 Å². The molecule has 2 aromatic rings. The molecule has 0 saturated carbocycles. The Hall–Kier alpha value is -2.10. The summed E-state index contributed by atoms with van der Waals surface area (Å²) in [4.78, 5) is 8.28. The number of rotatable bonds is 3. The van der Waals surface area contributed by atoms with E-state index in [4.69, 9.17) is 10.5 Å². The molecular formula is C17H23N3O. The van der Waals surface area contributed by atoms with Crippen molar-refractivity contribution >= 4 is 5.82 Å². The van der Waals surface area contributed by atoms with Gasteiger partial charge in [0.05, 0.1) is 5.56 Å². The number of aromatic nitrogens is 2. The molecule has 1 aromatic carbocycles. The third-order valence-electron chi connectivity index (χ3n) is 3.37. The average Bonchev–Trinajstić information content (AvgIpc) is 2.37. The fraction of sp³-hybridized carbons (Fsp3) is 0.412. The second-order valence-corrected chi connectivity index (χ2v) is 6.51. The summed E-state index contributed by atoms with van der Waals surface area (Å²) in [5, 5.41) is 0. The molecule has 21 heavy (non-hydrogen) atoms. The van der Waals surface area contributed by atoms with E-state index in [9.17, 15) is 0 Å². The second kappa shape index (κ2) is 5.72. The van der Waals surface area contributed by atoms with Crippen LogP contribution in [0.15, 0.2) is 30.6 Å². The van der Waals surface area contributed by atoms with Crippen LogP contribution in [-0.4, -0.2) is 9.97 Å². The molecule has 0 aliphatic heterocycles. The minimum absolute atomic E-state index is 0.0744. The first kappa shape index (κ1) is 15.3. The van der Waals surface area contributed by atoms with E-state index in [1.807, 2.05) is 32.0 Å². The van der Waals surface area contributed by atoms with Crippen LogP contribution in [0.2, 0.25) is 0 Å². The van der Waals surface area contributed by atoms with E-state index in [0.717, 1.165) is 11.3 Å². The maximum Gasteiger partial charge on any atom is 0.227 e. The molecule has 0 radical (unpaired) electrons. The molecule has 0 saturated heterocycles. The van der Waals surface area contributed by atoms with E-state index < -0.39 is 0 Å². The zero-order valence-corrected chi connectivity index (χ0v) is 13.3. The zero-order chi connectivity index (χ0) is 15.6. The third kappa shape index (κ3) is 3.51. The molecule has 0 atom stereocenters. The summed E-state index contributed by atoms with van der Waals surface area (Å²) in [6.45, 7) is 10.6. The highest BCUT2D eigenvalue weighted by molar-refractivity contribution is 5.48. The van der Waals surface area contributed by atoms with Gasteiger partial charge in [-0.15, -0.1) is 0 Å². The van der Waals surface area contributed by atoms with E-state index in [1.165, 1.54) is 11.9 Å². The van der Waals surface area contributed by atoms with Crippen LogP contribution in [0.25, 0.3) is 0 Å². The van der Waals surface area contributed by atoms with Gasteiger partial charge >= 0.3 is 0 Å². The van der Waals surface area contributed by atoms with Gasteiger partial charge in [-0.1, -0.05) is 46.8 Å². The van der Waals surface area contributed by atoms with Gasteiger partial charge in [0.2, 0.25) is 5.88 Å². The molecule has 0 unspecified atom stereocenters. The van der Waals surface area contributed by atoms with E-state index >= 15 is 0 Å². The molecule has 0 aliphatic rings. The summed E-state index contributed by atoms with van der Waals surface area (Å²) >= 11 is 0. The van der Waals surface area contributed by atoms with Crippen LogP contribution in [0.3, 0.4) is 0 Å². The van der Waals surface area contributed by atoms with Gasteiger partial charge in [0.1, 0.15) is 17.9 Å². The predicted octanol–water partition coefficient (Wildman–Crippen LogP) is 4.27. The van der Waals surface area contributed by atoms with Crippen molar-refractivity contribution in [2.24, 2.45) is 0 Å². The smallest absolute Gasteiger partial charge is 0.227 e. The minimum Gasteiger partial charge on any atom is -0.439 e. The number of nitrogens with two attached hydrogens (primary N) is 1. The summed E-state index contributed by atoms with van der Waals surface area (Å²) in [6, 6.07) is 8.07. The van der Waals surface area contributed by atoms with Gasteiger partial charge in [-0.2, -0.15) is 0 Å². The van der Waals surface area contributed by atoms with E-state index in [2.05, 4.69) is 36.8 Å². The summed E-state index contributed by atoms with van der Waals surface area (Å²) in [5.74, 6) is 1.97. The largest absolute Gasteiger partial charge is 0.439 e. The van der Waals surface area contributed by atoms with Crippen molar-refractivity contribution in [1.82, 2.24) is 9.97 Å². The molecule has 2 rings (SSSR count). The Labute approximate surface area is 126 Å². The average molecular weight is 285 g/mol. The van der Waals surface area contributed by atoms with Crippen molar-refractivity contribution in [1.29, 1.82) is 0 Å². The van der Waals surface area contributed by atoms with Crippen molar-refractivity contribution in [3.63, 3.8) is 0 Å². The van der Waals surface area contributed by atoms with Crippen LogP contribution < -0.4 is 10.5 Å². The lowest BCUT2D eigenvalue weighted by Crippen LogP contribution is -2.11. The van der Waals surface area contributed by atoms with Gasteiger partial charge in [-0.05, 0) is 29.0 Å². The Morgan fingerprint density at radius 3 is 2.48 bits per heavy atom. The molecule has 4 heteroatoms. The molecule has 2 N–H and O–H groups in total. The highest BCUT2D eigenvalue weighted by Crippen LogP contribution is 2.33. The number of benzene rings is 1. The summed E-state index contributed by atoms with van der Waals surface area (Å²) in [6.07, 6.45) is 1.43. The Balaban J connectivity index is 2.37. The lowest BCUT2D eigenvalue weighted by molar-refractivity contribution is 0.449. The van der Waals surface area contributed by atoms with Gasteiger partial charge in [0, 0.05) is 0 Å². The normalized spacial score (nSPS) is 11.7. The van der Waals surface area contributed by atoms with Crippen LogP contribution >= 0.6 is 0 Å². The van der Waals surface area contributed by atoms with E-state index in [-0.39, 0.29) is 11.3 Å². The van der Waals surface area contributed by atoms with Crippen molar-refractivity contribution in [2.45, 2.75) is 46.0 Å². The van der Waals surface area contributed by atoms with E-state index in [0.29, 0.717) is 11.7 Å². The summed E-state index contributed by atoms with van der Waals surface area (Å²) in [5.41, 5.74) is 8.08. The lowest BCUT2D eigenvalue weighted by Gasteiger charge is -2.20. The highest BCUT2D eigenvalue weighted by Gasteiger charge is 2.17. The fourth-order valence-electron chi connectivity index (χ4n) is 2.15. The minimum atomic E-state index is 0.0744. The van der Waals surface area contributed by atoms with Crippen LogP contribution in [0.1, 0.15) is 51.7 Å². The highest BCUT2D eigenvalue weighted by atomic mass is 16.5. The molecule has 0 bridgehead atoms. The molecule has 0 amide bonds. The van der Waals surface area contributed by atoms with Gasteiger partial charge in [-0.25, -0.2) is 9.97 Å². The lowest BCUT2D eigenvalue weighted by atomic mass is 9.87. The predicted molar refractivity (Wildman–Crippen MR) is 85.7 cm³/mol. The number of hydrogen-bond donors (Lipinski definition) is 1. The first-order valence-electron chi connectivity index (χ1n) is 7.18. The Morgan fingerprint density at radius 2 is 1.86 bits per heavy atom. The van der Waals surface area contributed by atoms with Gasteiger partial charge < -0.3 is 10.5 Å². The molecular weight excluding hydrogens is 262 g/mol. The van der Waals surface area contributed by atoms with Crippen molar-refractivity contribution in [3.05, 3.63) is 41.7 Å². The number of nitrogen functional groups attached to an aromatic ring is 1. The Bertz CT molecular complexity index is 630. The maximum absolute atomic E-state index is 5.96. The SMILES string of the molecule is CC(C)c1c(N)ncnc1Oc1cccc(C(C)(C)C)c1. The van der Waals surface area contributed by atoms with Crippen molar-refractivity contribution in [2.75, 3.05) is 5.73 Å². The van der Waals surface area contributed by atoms with Crippen molar-refractivity contribution in [3.8, 4) is 11.6 Å². The fourth-order valence-corrected chi connectivity index (χ4v) is 2.15. The van der Waals surface area contributed by atoms with Gasteiger partial charge in [0.25, 0.3) is 0 Å². The first-order valence-corrected chi connectivity index (χ1v) is 7.18. The Kier molecular flexibility index (Phi) is 4.16. The van der Waals surface area contributed by atoms with Crippen LogP contribution in [0, 0.1) is 0 Å². The molecule has 0 spiro atoms. The zero-order valence-electron chi connectivity index (χ0n) is 13.3. The first-order chi connectivity index (χ1) is 9.79. The standard InChI is InChI=1S/C17H23N3O/c1-11(2)14-15(18)19-10-20-16(14)21-13-8-6-7-12(9-13)17(3,4)5/h6-11H,1-5H3,(H2,18,19,20). The maximum atomic E-state index is 5.96.